The molecule has 0 spiro atoms. The van der Waals surface area contributed by atoms with E-state index in [2.05, 4.69) is 0 Å². The minimum absolute atomic E-state index is 0.0197. The second-order valence-electron chi connectivity index (χ2n) is 8.89. The lowest BCUT2D eigenvalue weighted by atomic mass is 9.62. The smallest absolute Gasteiger partial charge is 0.304 e. The fourth-order valence-electron chi connectivity index (χ4n) is 4.91. The van der Waals surface area contributed by atoms with E-state index in [0.717, 1.165) is 5.39 Å². The average molecular weight is 420 g/mol. The molecule has 2 aliphatic rings. The van der Waals surface area contributed by atoms with E-state index in [9.17, 15) is 14.7 Å². The number of benzene rings is 1. The predicted octanol–water partition coefficient (Wildman–Crippen LogP) is 3.55. The Morgan fingerprint density at radius 1 is 1.34 bits per heavy atom. The number of halogens is 1. The number of rotatable bonds is 2. The number of pyridine rings is 1. The summed E-state index contributed by atoms with van der Waals surface area (Å²) in [6.07, 6.45) is 1.24. The highest BCUT2D eigenvalue weighted by atomic mass is 35.5. The van der Waals surface area contributed by atoms with Crippen molar-refractivity contribution in [3.8, 4) is 5.75 Å². The maximum absolute atomic E-state index is 13.6. The van der Waals surface area contributed by atoms with Gasteiger partial charge in [-0.15, -0.1) is 11.6 Å². The quantitative estimate of drug-likeness (QED) is 0.595. The summed E-state index contributed by atoms with van der Waals surface area (Å²) in [6, 6.07) is 7.39. The van der Waals surface area contributed by atoms with Gasteiger partial charge in [0.05, 0.1) is 22.1 Å². The van der Waals surface area contributed by atoms with Crippen molar-refractivity contribution in [2.24, 2.45) is 5.92 Å². The number of carbonyl (C=O) groups is 1. The fourth-order valence-corrected chi connectivity index (χ4v) is 5.32. The van der Waals surface area contributed by atoms with Crippen molar-refractivity contribution in [1.29, 1.82) is 0 Å². The number of nitrogens with zero attached hydrogens (tertiary/aromatic N) is 1. The molecule has 1 saturated carbocycles. The van der Waals surface area contributed by atoms with E-state index < -0.39 is 22.5 Å². The number of alkyl halides is 1. The number of esters is 1. The number of ether oxygens (including phenoxy) is 2. The van der Waals surface area contributed by atoms with Gasteiger partial charge in [0.2, 0.25) is 0 Å². The van der Waals surface area contributed by atoms with Gasteiger partial charge in [-0.2, -0.15) is 0 Å². The number of aliphatic hydroxyl groups is 1. The molecule has 29 heavy (non-hydrogen) atoms. The van der Waals surface area contributed by atoms with E-state index in [0.29, 0.717) is 29.7 Å². The number of para-hydroxylation sites is 1. The second-order valence-corrected chi connectivity index (χ2v) is 9.36. The molecule has 1 aliphatic heterocycles. The summed E-state index contributed by atoms with van der Waals surface area (Å²) in [5.41, 5.74) is -0.848. The molecule has 1 aliphatic carbocycles. The predicted molar refractivity (Wildman–Crippen MR) is 110 cm³/mol. The van der Waals surface area contributed by atoms with Gasteiger partial charge in [0, 0.05) is 24.1 Å². The van der Waals surface area contributed by atoms with Crippen molar-refractivity contribution in [3.05, 3.63) is 40.2 Å². The van der Waals surface area contributed by atoms with Gasteiger partial charge in [-0.05, 0) is 45.7 Å². The number of fused-ring (bicyclic) bond motifs is 5. The first kappa shape index (κ1) is 20.2. The number of hydrogen-bond acceptors (Lipinski definition) is 5. The van der Waals surface area contributed by atoms with Crippen LogP contribution in [0.5, 0.6) is 5.75 Å². The van der Waals surface area contributed by atoms with E-state index >= 15 is 0 Å². The highest BCUT2D eigenvalue weighted by molar-refractivity contribution is 6.22. The lowest BCUT2D eigenvalue weighted by Crippen LogP contribution is -2.57. The van der Waals surface area contributed by atoms with Crippen LogP contribution >= 0.6 is 11.6 Å². The molecule has 1 aromatic heterocycles. The summed E-state index contributed by atoms with van der Waals surface area (Å²) < 4.78 is 13.0. The third-order valence-electron chi connectivity index (χ3n) is 6.45. The summed E-state index contributed by atoms with van der Waals surface area (Å²) >= 11 is 6.80. The van der Waals surface area contributed by atoms with Crippen molar-refractivity contribution in [2.75, 3.05) is 0 Å². The highest BCUT2D eigenvalue weighted by Gasteiger charge is 2.55. The van der Waals surface area contributed by atoms with E-state index in [1.54, 1.807) is 13.0 Å². The van der Waals surface area contributed by atoms with Gasteiger partial charge in [-0.1, -0.05) is 12.1 Å². The zero-order valence-electron chi connectivity index (χ0n) is 17.1. The molecule has 0 amide bonds. The standard InChI is InChI=1S/C22H26ClNO5/c1-12(25)28-11-24-15-8-6-5-7-13(15)18-17(20(24)26)16-14(21(2,3)29-18)9-10-22(4,27)19(16)23/h5-8,14,16,19,27H,9-11H2,1-4H3/t14-,16-,19+,22+/m0/s1. The molecular formula is C22H26ClNO5. The van der Waals surface area contributed by atoms with Crippen LogP contribution in [0.3, 0.4) is 0 Å². The molecule has 1 aromatic carbocycles. The first-order chi connectivity index (χ1) is 13.5. The third kappa shape index (κ3) is 3.13. The van der Waals surface area contributed by atoms with Crippen LogP contribution in [0.4, 0.5) is 0 Å². The third-order valence-corrected chi connectivity index (χ3v) is 7.19. The summed E-state index contributed by atoms with van der Waals surface area (Å²) in [5.74, 6) is -0.349. The molecule has 0 unspecified atom stereocenters. The van der Waals surface area contributed by atoms with Crippen molar-refractivity contribution in [1.82, 2.24) is 4.57 Å². The van der Waals surface area contributed by atoms with Gasteiger partial charge in [0.15, 0.2) is 6.73 Å². The largest absolute Gasteiger partial charge is 0.486 e. The van der Waals surface area contributed by atoms with Crippen LogP contribution in [0.15, 0.2) is 29.1 Å². The Kier molecular flexibility index (Phi) is 4.70. The molecule has 2 heterocycles. The van der Waals surface area contributed by atoms with Gasteiger partial charge in [-0.25, -0.2) is 0 Å². The number of aromatic nitrogens is 1. The molecule has 0 saturated heterocycles. The first-order valence-corrected chi connectivity index (χ1v) is 10.3. The zero-order valence-corrected chi connectivity index (χ0v) is 17.8. The van der Waals surface area contributed by atoms with Crippen LogP contribution in [0.25, 0.3) is 10.9 Å². The molecule has 0 bridgehead atoms. The van der Waals surface area contributed by atoms with Crippen molar-refractivity contribution < 1.29 is 19.4 Å². The van der Waals surface area contributed by atoms with Crippen LogP contribution in [0.1, 0.15) is 52.0 Å². The molecule has 7 heteroatoms. The summed E-state index contributed by atoms with van der Waals surface area (Å²) in [7, 11) is 0. The summed E-state index contributed by atoms with van der Waals surface area (Å²) in [4.78, 5) is 25.0. The molecule has 1 fully saturated rings. The van der Waals surface area contributed by atoms with Crippen LogP contribution < -0.4 is 10.3 Å². The van der Waals surface area contributed by atoms with Crippen molar-refractivity contribution in [2.45, 2.75) is 69.8 Å². The van der Waals surface area contributed by atoms with E-state index in [1.807, 2.05) is 32.0 Å². The summed E-state index contributed by atoms with van der Waals surface area (Å²) in [6.45, 7) is 6.86. The molecule has 1 N–H and O–H groups in total. The molecule has 0 radical (unpaired) electrons. The Hall–Kier alpha value is -2.05. The second kappa shape index (κ2) is 6.74. The molecule has 4 rings (SSSR count). The number of carbonyl (C=O) groups excluding carboxylic acids is 1. The van der Waals surface area contributed by atoms with Gasteiger partial charge in [-0.3, -0.25) is 14.2 Å². The minimum Gasteiger partial charge on any atom is -0.486 e. The number of hydrogen-bond donors (Lipinski definition) is 1. The van der Waals surface area contributed by atoms with Crippen LogP contribution in [0.2, 0.25) is 0 Å². The normalized spacial score (nSPS) is 30.2. The Bertz CT molecular complexity index is 1040. The Morgan fingerprint density at radius 2 is 2.03 bits per heavy atom. The minimum atomic E-state index is -1.09. The lowest BCUT2D eigenvalue weighted by Gasteiger charge is -2.52. The molecule has 2 aromatic rings. The van der Waals surface area contributed by atoms with Crippen LogP contribution in [-0.4, -0.2) is 32.2 Å². The van der Waals surface area contributed by atoms with E-state index in [-0.39, 0.29) is 24.1 Å². The Morgan fingerprint density at radius 3 is 2.72 bits per heavy atom. The molecular weight excluding hydrogens is 394 g/mol. The zero-order chi connectivity index (χ0) is 21.1. The van der Waals surface area contributed by atoms with Gasteiger partial charge >= 0.3 is 5.97 Å². The molecule has 4 atom stereocenters. The molecule has 156 valence electrons. The Balaban J connectivity index is 2.02. The van der Waals surface area contributed by atoms with E-state index in [1.165, 1.54) is 11.5 Å². The maximum Gasteiger partial charge on any atom is 0.304 e. The maximum atomic E-state index is 13.6. The SMILES string of the molecule is CC(=O)OCn1c(=O)c2c(c3ccccc31)OC(C)(C)[C@H]1CC[C@@](C)(O)[C@H](Cl)[C@H]21. The average Bonchev–Trinajstić information content (AvgIpc) is 2.63. The van der Waals surface area contributed by atoms with E-state index in [4.69, 9.17) is 21.1 Å². The van der Waals surface area contributed by atoms with Gasteiger partial charge in [0.25, 0.3) is 5.56 Å². The highest BCUT2D eigenvalue weighted by Crippen LogP contribution is 2.55. The Labute approximate surface area is 174 Å². The first-order valence-electron chi connectivity index (χ1n) is 9.89. The fraction of sp³-hybridized carbons (Fsp3) is 0.545. The topological polar surface area (TPSA) is 77.8 Å². The summed E-state index contributed by atoms with van der Waals surface area (Å²) in [5, 5.41) is 11.0. The van der Waals surface area contributed by atoms with Crippen LogP contribution in [-0.2, 0) is 16.3 Å². The van der Waals surface area contributed by atoms with Gasteiger partial charge < -0.3 is 14.6 Å². The van der Waals surface area contributed by atoms with Gasteiger partial charge in [0.1, 0.15) is 11.4 Å². The van der Waals surface area contributed by atoms with Crippen molar-refractivity contribution in [3.63, 3.8) is 0 Å². The lowest BCUT2D eigenvalue weighted by molar-refractivity contribution is -0.144. The van der Waals surface area contributed by atoms with Crippen molar-refractivity contribution >= 4 is 28.5 Å². The molecule has 6 nitrogen and oxygen atoms in total. The van der Waals surface area contributed by atoms with Crippen LogP contribution in [0, 0.1) is 5.92 Å². The monoisotopic (exact) mass is 419 g/mol.